The molecule has 114 valence electrons. The van der Waals surface area contributed by atoms with E-state index in [2.05, 4.69) is 10.6 Å². The molecule has 0 atom stereocenters. The van der Waals surface area contributed by atoms with Gasteiger partial charge in [0.15, 0.2) is 0 Å². The molecule has 0 spiro atoms. The first kappa shape index (κ1) is 17.4. The number of alkyl halides is 3. The summed E-state index contributed by atoms with van der Waals surface area (Å²) in [5.41, 5.74) is -0.320. The topological polar surface area (TPSA) is 24.1 Å². The smallest absolute Gasteiger partial charge is 0.384 e. The van der Waals surface area contributed by atoms with E-state index in [1.54, 1.807) is 0 Å². The Kier molecular flexibility index (Phi) is 6.43. The lowest BCUT2D eigenvalue weighted by Gasteiger charge is -2.23. The monoisotopic (exact) mass is 328 g/mol. The average molecular weight is 329 g/mol. The van der Waals surface area contributed by atoms with E-state index in [0.717, 1.165) is 38.1 Å². The fourth-order valence-electron chi connectivity index (χ4n) is 2.18. The van der Waals surface area contributed by atoms with Gasteiger partial charge in [-0.15, -0.1) is 12.4 Å². The predicted molar refractivity (Wildman–Crippen MR) is 77.8 cm³/mol. The third kappa shape index (κ3) is 4.72. The number of anilines is 1. The number of nitrogens with one attached hydrogen (secondary N) is 2. The largest absolute Gasteiger partial charge is 0.416 e. The Bertz CT molecular complexity index is 432. The van der Waals surface area contributed by atoms with Crippen LogP contribution in [0.5, 0.6) is 0 Å². The van der Waals surface area contributed by atoms with Gasteiger partial charge in [0.2, 0.25) is 0 Å². The third-order valence-electron chi connectivity index (χ3n) is 3.33. The van der Waals surface area contributed by atoms with Crippen LogP contribution in [0.15, 0.2) is 18.2 Å². The van der Waals surface area contributed by atoms with E-state index in [-0.39, 0.29) is 12.4 Å². The van der Waals surface area contributed by atoms with E-state index < -0.39 is 11.7 Å². The van der Waals surface area contributed by atoms with E-state index in [0.29, 0.717) is 23.2 Å². The second-order valence-electron chi connectivity index (χ2n) is 4.77. The molecule has 1 fully saturated rings. The summed E-state index contributed by atoms with van der Waals surface area (Å²) in [6.45, 7) is 2.58. The van der Waals surface area contributed by atoms with Gasteiger partial charge in [-0.05, 0) is 50.0 Å². The van der Waals surface area contributed by atoms with Crippen molar-refractivity contribution in [3.63, 3.8) is 0 Å². The molecule has 0 unspecified atom stereocenters. The first-order valence-electron chi connectivity index (χ1n) is 6.28. The summed E-state index contributed by atoms with van der Waals surface area (Å²) in [5, 5.41) is 6.61. The van der Waals surface area contributed by atoms with E-state index in [9.17, 15) is 13.2 Å². The molecule has 0 saturated carbocycles. The highest BCUT2D eigenvalue weighted by atomic mass is 35.5. The molecule has 1 aliphatic heterocycles. The number of rotatable bonds is 3. The van der Waals surface area contributed by atoms with Crippen molar-refractivity contribution >= 4 is 29.7 Å². The fourth-order valence-corrected chi connectivity index (χ4v) is 2.36. The highest BCUT2D eigenvalue weighted by Gasteiger charge is 2.31. The second kappa shape index (κ2) is 7.38. The van der Waals surface area contributed by atoms with Crippen molar-refractivity contribution in [1.29, 1.82) is 0 Å². The maximum absolute atomic E-state index is 12.6. The average Bonchev–Trinajstić information content (AvgIpc) is 2.37. The maximum atomic E-state index is 12.6. The summed E-state index contributed by atoms with van der Waals surface area (Å²) in [5.74, 6) is 0.479. The lowest BCUT2D eigenvalue weighted by molar-refractivity contribution is -0.137. The van der Waals surface area contributed by atoms with E-state index in [1.807, 2.05) is 0 Å². The summed E-state index contributed by atoms with van der Waals surface area (Å²) >= 11 is 5.92. The zero-order valence-electron chi connectivity index (χ0n) is 10.8. The molecule has 0 aromatic heterocycles. The fraction of sp³-hybridized carbons (Fsp3) is 0.538. The summed E-state index contributed by atoms with van der Waals surface area (Å²) in [6, 6.07) is 3.36. The molecule has 1 aromatic carbocycles. The van der Waals surface area contributed by atoms with E-state index >= 15 is 0 Å². The summed E-state index contributed by atoms with van der Waals surface area (Å²) in [6.07, 6.45) is -2.27. The van der Waals surface area contributed by atoms with Crippen LogP contribution in [-0.4, -0.2) is 19.6 Å². The number of halogens is 5. The Morgan fingerprint density at radius 2 is 1.90 bits per heavy atom. The Morgan fingerprint density at radius 1 is 1.25 bits per heavy atom. The lowest BCUT2D eigenvalue weighted by Crippen LogP contribution is -2.31. The lowest BCUT2D eigenvalue weighted by atomic mass is 9.98. The van der Waals surface area contributed by atoms with Crippen LogP contribution in [0.25, 0.3) is 0 Å². The van der Waals surface area contributed by atoms with Crippen molar-refractivity contribution in [2.45, 2.75) is 19.0 Å². The van der Waals surface area contributed by atoms with E-state index in [1.165, 1.54) is 6.07 Å². The Labute approximate surface area is 127 Å². The van der Waals surface area contributed by atoms with Crippen molar-refractivity contribution in [2.75, 3.05) is 25.0 Å². The minimum Gasteiger partial charge on any atom is -0.384 e. The van der Waals surface area contributed by atoms with Crippen LogP contribution in [0, 0.1) is 5.92 Å². The predicted octanol–water partition coefficient (Wildman–Crippen LogP) is 4.19. The van der Waals surface area contributed by atoms with Gasteiger partial charge in [0.05, 0.1) is 16.3 Å². The molecule has 0 aliphatic carbocycles. The summed E-state index contributed by atoms with van der Waals surface area (Å²) < 4.78 is 37.8. The van der Waals surface area contributed by atoms with Crippen molar-refractivity contribution in [3.8, 4) is 0 Å². The number of hydrogen-bond acceptors (Lipinski definition) is 2. The van der Waals surface area contributed by atoms with Crippen LogP contribution in [-0.2, 0) is 6.18 Å². The molecule has 1 heterocycles. The van der Waals surface area contributed by atoms with Crippen molar-refractivity contribution in [1.82, 2.24) is 5.32 Å². The second-order valence-corrected chi connectivity index (χ2v) is 5.17. The number of hydrogen-bond donors (Lipinski definition) is 2. The third-order valence-corrected chi connectivity index (χ3v) is 3.66. The molecule has 7 heteroatoms. The van der Waals surface area contributed by atoms with Crippen molar-refractivity contribution in [3.05, 3.63) is 28.8 Å². The minimum absolute atomic E-state index is 0. The quantitative estimate of drug-likeness (QED) is 0.869. The Balaban J connectivity index is 0.00000200. The van der Waals surface area contributed by atoms with Gasteiger partial charge in [-0.3, -0.25) is 0 Å². The standard InChI is InChI=1S/C13H16ClF3N2.ClH/c14-11-2-1-10(13(15,16)17)7-12(11)19-8-9-3-5-18-6-4-9;/h1-2,7,9,18-19H,3-6,8H2;1H. The SMILES string of the molecule is Cl.FC(F)(F)c1ccc(Cl)c(NCC2CCNCC2)c1. The molecule has 1 aromatic rings. The normalized spacial score (nSPS) is 16.6. The molecule has 2 rings (SSSR count). The number of piperidine rings is 1. The molecule has 2 N–H and O–H groups in total. The van der Waals surface area contributed by atoms with Crippen LogP contribution >= 0.6 is 24.0 Å². The molecule has 0 radical (unpaired) electrons. The molecular weight excluding hydrogens is 312 g/mol. The van der Waals surface area contributed by atoms with Gasteiger partial charge >= 0.3 is 6.18 Å². The van der Waals surface area contributed by atoms with Gasteiger partial charge < -0.3 is 10.6 Å². The van der Waals surface area contributed by atoms with Gasteiger partial charge in [0, 0.05) is 6.54 Å². The van der Waals surface area contributed by atoms with Crippen molar-refractivity contribution in [2.24, 2.45) is 5.92 Å². The molecular formula is C13H17Cl2F3N2. The molecule has 2 nitrogen and oxygen atoms in total. The molecule has 20 heavy (non-hydrogen) atoms. The zero-order valence-corrected chi connectivity index (χ0v) is 12.3. The number of benzene rings is 1. The summed E-state index contributed by atoms with van der Waals surface area (Å²) in [7, 11) is 0. The van der Waals surface area contributed by atoms with Crippen LogP contribution in [0.4, 0.5) is 18.9 Å². The molecule has 1 saturated heterocycles. The highest BCUT2D eigenvalue weighted by molar-refractivity contribution is 6.33. The van der Waals surface area contributed by atoms with E-state index in [4.69, 9.17) is 11.6 Å². The Morgan fingerprint density at radius 3 is 2.50 bits per heavy atom. The van der Waals surface area contributed by atoms with Crippen LogP contribution in [0.2, 0.25) is 5.02 Å². The highest BCUT2D eigenvalue weighted by Crippen LogP contribution is 2.34. The van der Waals surface area contributed by atoms with Gasteiger partial charge in [-0.2, -0.15) is 13.2 Å². The van der Waals surface area contributed by atoms with Gasteiger partial charge in [0.1, 0.15) is 0 Å². The maximum Gasteiger partial charge on any atom is 0.416 e. The zero-order chi connectivity index (χ0) is 13.9. The Hall–Kier alpha value is -0.650. The van der Waals surface area contributed by atoms with Gasteiger partial charge in [-0.25, -0.2) is 0 Å². The summed E-state index contributed by atoms with van der Waals surface area (Å²) in [4.78, 5) is 0. The minimum atomic E-state index is -4.34. The molecule has 0 amide bonds. The van der Waals surface area contributed by atoms with Crippen LogP contribution in [0.1, 0.15) is 18.4 Å². The first-order chi connectivity index (χ1) is 8.97. The first-order valence-corrected chi connectivity index (χ1v) is 6.66. The molecule has 0 bridgehead atoms. The van der Waals surface area contributed by atoms with Crippen LogP contribution < -0.4 is 10.6 Å². The van der Waals surface area contributed by atoms with Gasteiger partial charge in [0.25, 0.3) is 0 Å². The van der Waals surface area contributed by atoms with Crippen LogP contribution in [0.3, 0.4) is 0 Å². The molecule has 1 aliphatic rings. The van der Waals surface area contributed by atoms with Crippen molar-refractivity contribution < 1.29 is 13.2 Å². The van der Waals surface area contributed by atoms with Gasteiger partial charge in [-0.1, -0.05) is 11.6 Å².